The molecule has 0 spiro atoms. The minimum Gasteiger partial charge on any atom is -0.454 e. The highest BCUT2D eigenvalue weighted by Gasteiger charge is 2.08. The summed E-state index contributed by atoms with van der Waals surface area (Å²) in [5, 5.41) is 16.9. The average Bonchev–Trinajstić information content (AvgIpc) is 3.01. The molecular formula is C16H11ClN2O2S. The first-order chi connectivity index (χ1) is 10.3. The van der Waals surface area contributed by atoms with E-state index in [0.717, 1.165) is 21.2 Å². The number of pyridine rings is 1. The lowest BCUT2D eigenvalue weighted by atomic mass is 10.2. The van der Waals surface area contributed by atoms with Gasteiger partial charge in [0, 0.05) is 27.7 Å². The molecule has 3 aromatic heterocycles. The standard InChI is InChI=1S/C16H10N2O2S.ClH/c19-18-12-7-15(20-14-4-2-1-3-11(12)14)13-8-16-10(9-17-13)5-6-21-16;/h1-9,19H;1H. The van der Waals surface area contributed by atoms with Crippen molar-refractivity contribution in [3.05, 3.63) is 59.4 Å². The van der Waals surface area contributed by atoms with Crippen molar-refractivity contribution in [2.75, 3.05) is 0 Å². The van der Waals surface area contributed by atoms with Gasteiger partial charge < -0.3 is 9.62 Å². The monoisotopic (exact) mass is 330 g/mol. The highest BCUT2D eigenvalue weighted by molar-refractivity contribution is 7.17. The summed E-state index contributed by atoms with van der Waals surface area (Å²) in [5.74, 6) is 0.580. The Hall–Kier alpha value is -2.37. The Morgan fingerprint density at radius 1 is 1.14 bits per heavy atom. The molecule has 0 aliphatic rings. The van der Waals surface area contributed by atoms with Gasteiger partial charge >= 0.3 is 0 Å². The van der Waals surface area contributed by atoms with Gasteiger partial charge in [0.2, 0.25) is 0 Å². The van der Waals surface area contributed by atoms with Crippen molar-refractivity contribution < 1.29 is 9.62 Å². The van der Waals surface area contributed by atoms with E-state index in [1.54, 1.807) is 17.4 Å². The number of benzene rings is 1. The maximum atomic E-state index is 9.21. The summed E-state index contributed by atoms with van der Waals surface area (Å²) >= 11 is 1.66. The fourth-order valence-electron chi connectivity index (χ4n) is 2.32. The second-order valence-corrected chi connectivity index (χ2v) is 5.57. The van der Waals surface area contributed by atoms with Crippen LogP contribution in [0.25, 0.3) is 32.5 Å². The zero-order valence-corrected chi connectivity index (χ0v) is 12.9. The fraction of sp³-hybridized carbons (Fsp3) is 0. The first-order valence-corrected chi connectivity index (χ1v) is 7.28. The molecule has 6 heteroatoms. The minimum absolute atomic E-state index is 0. The van der Waals surface area contributed by atoms with Crippen LogP contribution in [0.15, 0.2) is 63.6 Å². The third-order valence-electron chi connectivity index (χ3n) is 3.35. The Morgan fingerprint density at radius 2 is 2.00 bits per heavy atom. The van der Waals surface area contributed by atoms with Gasteiger partial charge in [-0.3, -0.25) is 4.98 Å². The van der Waals surface area contributed by atoms with Gasteiger partial charge in [-0.25, -0.2) is 0 Å². The summed E-state index contributed by atoms with van der Waals surface area (Å²) < 4.78 is 7.03. The van der Waals surface area contributed by atoms with Gasteiger partial charge in [-0.1, -0.05) is 17.3 Å². The van der Waals surface area contributed by atoms with Crippen molar-refractivity contribution in [2.45, 2.75) is 0 Å². The molecule has 1 aromatic carbocycles. The highest BCUT2D eigenvalue weighted by Crippen LogP contribution is 2.26. The summed E-state index contributed by atoms with van der Waals surface area (Å²) in [6.07, 6.45) is 1.82. The second-order valence-electron chi connectivity index (χ2n) is 4.62. The molecule has 3 heterocycles. The smallest absolute Gasteiger partial charge is 0.155 e. The van der Waals surface area contributed by atoms with Crippen LogP contribution in [0.4, 0.5) is 0 Å². The summed E-state index contributed by atoms with van der Waals surface area (Å²) in [4.78, 5) is 4.42. The molecule has 0 saturated heterocycles. The molecule has 0 aliphatic carbocycles. The maximum absolute atomic E-state index is 9.21. The lowest BCUT2D eigenvalue weighted by Crippen LogP contribution is -2.03. The highest BCUT2D eigenvalue weighted by atomic mass is 35.5. The van der Waals surface area contributed by atoms with E-state index < -0.39 is 0 Å². The van der Waals surface area contributed by atoms with Crippen LogP contribution in [0, 0.1) is 0 Å². The van der Waals surface area contributed by atoms with Gasteiger partial charge in [0.15, 0.2) is 5.76 Å². The molecule has 0 bridgehead atoms. The normalized spacial score (nSPS) is 11.7. The molecule has 0 amide bonds. The zero-order chi connectivity index (χ0) is 14.2. The third-order valence-corrected chi connectivity index (χ3v) is 4.23. The molecule has 4 rings (SSSR count). The van der Waals surface area contributed by atoms with Crippen LogP contribution in [0.5, 0.6) is 0 Å². The van der Waals surface area contributed by atoms with E-state index >= 15 is 0 Å². The fourth-order valence-corrected chi connectivity index (χ4v) is 3.11. The van der Waals surface area contributed by atoms with Crippen molar-refractivity contribution in [3.63, 3.8) is 0 Å². The molecule has 0 fully saturated rings. The Morgan fingerprint density at radius 3 is 2.86 bits per heavy atom. The summed E-state index contributed by atoms with van der Waals surface area (Å²) in [7, 11) is 0. The Kier molecular flexibility index (Phi) is 3.83. The predicted molar refractivity (Wildman–Crippen MR) is 89.4 cm³/mol. The molecule has 110 valence electrons. The van der Waals surface area contributed by atoms with Gasteiger partial charge in [0.05, 0.1) is 0 Å². The second kappa shape index (κ2) is 5.79. The number of hydrogen-bond acceptors (Lipinski definition) is 5. The summed E-state index contributed by atoms with van der Waals surface area (Å²) in [6.45, 7) is 0. The SMILES string of the molecule is Cl.ON=c1cc(-c2cc3sccc3cn2)oc2ccccc12. The van der Waals surface area contributed by atoms with Crippen molar-refractivity contribution >= 4 is 44.8 Å². The maximum Gasteiger partial charge on any atom is 0.155 e. The molecular weight excluding hydrogens is 320 g/mol. The van der Waals surface area contributed by atoms with Crippen LogP contribution in [-0.4, -0.2) is 10.2 Å². The van der Waals surface area contributed by atoms with Crippen LogP contribution in [0.2, 0.25) is 0 Å². The van der Waals surface area contributed by atoms with E-state index in [-0.39, 0.29) is 12.4 Å². The largest absolute Gasteiger partial charge is 0.454 e. The summed E-state index contributed by atoms with van der Waals surface area (Å²) in [5.41, 5.74) is 1.39. The van der Waals surface area contributed by atoms with Gasteiger partial charge in [-0.05, 0) is 29.6 Å². The number of hydrogen-bond donors (Lipinski definition) is 1. The third kappa shape index (κ3) is 2.34. The number of halogens is 1. The van der Waals surface area contributed by atoms with Gasteiger partial charge in [0.1, 0.15) is 16.6 Å². The van der Waals surface area contributed by atoms with Crippen LogP contribution >= 0.6 is 23.7 Å². The van der Waals surface area contributed by atoms with Crippen molar-refractivity contribution in [3.8, 4) is 11.5 Å². The zero-order valence-electron chi connectivity index (χ0n) is 11.3. The van der Waals surface area contributed by atoms with Crippen LogP contribution in [0.1, 0.15) is 0 Å². The number of nitrogens with zero attached hydrogens (tertiary/aromatic N) is 2. The van der Waals surface area contributed by atoms with E-state index in [1.165, 1.54) is 0 Å². The average molecular weight is 331 g/mol. The molecule has 0 saturated carbocycles. The number of aromatic nitrogens is 1. The van der Waals surface area contributed by atoms with Crippen molar-refractivity contribution in [1.29, 1.82) is 0 Å². The molecule has 4 aromatic rings. The lowest BCUT2D eigenvalue weighted by molar-refractivity contribution is 0.302. The molecule has 0 unspecified atom stereocenters. The van der Waals surface area contributed by atoms with Crippen LogP contribution in [-0.2, 0) is 0 Å². The van der Waals surface area contributed by atoms with Crippen LogP contribution in [0.3, 0.4) is 0 Å². The number of rotatable bonds is 1. The van der Waals surface area contributed by atoms with Gasteiger partial charge in [-0.2, -0.15) is 0 Å². The van der Waals surface area contributed by atoms with E-state index in [0.29, 0.717) is 16.7 Å². The molecule has 1 N–H and O–H groups in total. The van der Waals surface area contributed by atoms with E-state index in [4.69, 9.17) is 4.42 Å². The lowest BCUT2D eigenvalue weighted by Gasteiger charge is -2.03. The first-order valence-electron chi connectivity index (χ1n) is 6.40. The quantitative estimate of drug-likeness (QED) is 0.415. The van der Waals surface area contributed by atoms with Gasteiger partial charge in [-0.15, -0.1) is 23.7 Å². The molecule has 0 radical (unpaired) electrons. The predicted octanol–water partition coefficient (Wildman–Crippen LogP) is 4.42. The Bertz CT molecular complexity index is 1020. The molecule has 0 atom stereocenters. The Labute approximate surface area is 135 Å². The van der Waals surface area contributed by atoms with E-state index in [9.17, 15) is 5.21 Å². The molecule has 0 aliphatic heterocycles. The first kappa shape index (κ1) is 14.6. The number of fused-ring (bicyclic) bond motifs is 2. The number of thiophene rings is 1. The summed E-state index contributed by atoms with van der Waals surface area (Å²) in [6, 6.07) is 13.2. The minimum atomic E-state index is 0. The number of para-hydroxylation sites is 1. The van der Waals surface area contributed by atoms with Crippen molar-refractivity contribution in [2.24, 2.45) is 5.16 Å². The molecule has 4 nitrogen and oxygen atoms in total. The van der Waals surface area contributed by atoms with E-state index in [2.05, 4.69) is 10.1 Å². The van der Waals surface area contributed by atoms with E-state index in [1.807, 2.05) is 48.0 Å². The Balaban J connectivity index is 0.00000144. The van der Waals surface area contributed by atoms with Crippen LogP contribution < -0.4 is 5.36 Å². The topological polar surface area (TPSA) is 58.6 Å². The van der Waals surface area contributed by atoms with Crippen molar-refractivity contribution in [1.82, 2.24) is 4.98 Å². The molecule has 22 heavy (non-hydrogen) atoms. The van der Waals surface area contributed by atoms with Gasteiger partial charge in [0.25, 0.3) is 0 Å².